The largest absolute Gasteiger partial charge is 0.573 e. The van der Waals surface area contributed by atoms with E-state index >= 15 is 0 Å². The average Bonchev–Trinajstić information content (AvgIpc) is 2.49. The Hall–Kier alpha value is -1.25. The maximum atomic E-state index is 12.6. The summed E-state index contributed by atoms with van der Waals surface area (Å²) in [7, 11) is 0. The van der Waals surface area contributed by atoms with Crippen LogP contribution in [0.4, 0.5) is 18.9 Å². The van der Waals surface area contributed by atoms with Crippen molar-refractivity contribution >= 4 is 44.9 Å². The summed E-state index contributed by atoms with van der Waals surface area (Å²) in [4.78, 5) is 6.45. The fourth-order valence-electron chi connectivity index (χ4n) is 2.74. The van der Waals surface area contributed by atoms with Crippen LogP contribution in [0.3, 0.4) is 0 Å². The third kappa shape index (κ3) is 3.87. The third-order valence-corrected chi connectivity index (χ3v) is 4.67. The standard InChI is InChI=1S/C15H15BrF3N3O.ClH/c1-9-12(16)14(22-7-5-20-6-8-22)10-3-2-4-11(13(10)21-9)23-15(17,18)19;/h2-4,20H,5-8H2,1H3;1H. The van der Waals surface area contributed by atoms with Crippen LogP contribution in [0.2, 0.25) is 0 Å². The van der Waals surface area contributed by atoms with Crippen LogP contribution in [0.25, 0.3) is 10.9 Å². The molecule has 4 nitrogen and oxygen atoms in total. The number of nitrogens with zero attached hydrogens (tertiary/aromatic N) is 2. The van der Waals surface area contributed by atoms with Gasteiger partial charge in [-0.2, -0.15) is 0 Å². The Balaban J connectivity index is 0.00000208. The van der Waals surface area contributed by atoms with E-state index in [4.69, 9.17) is 0 Å². The zero-order valence-electron chi connectivity index (χ0n) is 12.8. The fraction of sp³-hybridized carbons (Fsp3) is 0.400. The first-order chi connectivity index (χ1) is 10.9. The van der Waals surface area contributed by atoms with Crippen molar-refractivity contribution in [2.75, 3.05) is 31.1 Å². The lowest BCUT2D eigenvalue weighted by molar-refractivity contribution is -0.274. The van der Waals surface area contributed by atoms with Gasteiger partial charge in [0, 0.05) is 31.6 Å². The molecule has 0 amide bonds. The highest BCUT2D eigenvalue weighted by atomic mass is 79.9. The van der Waals surface area contributed by atoms with Crippen LogP contribution in [0.15, 0.2) is 22.7 Å². The van der Waals surface area contributed by atoms with Gasteiger partial charge in [0.2, 0.25) is 0 Å². The second kappa shape index (κ2) is 7.33. The Morgan fingerprint density at radius 1 is 1.25 bits per heavy atom. The molecule has 9 heteroatoms. The van der Waals surface area contributed by atoms with Gasteiger partial charge in [0.1, 0.15) is 5.52 Å². The molecule has 0 spiro atoms. The number of nitrogens with one attached hydrogen (secondary N) is 1. The summed E-state index contributed by atoms with van der Waals surface area (Å²) in [5.74, 6) is -0.276. The second-order valence-corrected chi connectivity index (χ2v) is 6.09. The summed E-state index contributed by atoms with van der Waals surface area (Å²) < 4.78 is 42.8. The van der Waals surface area contributed by atoms with Gasteiger partial charge in [0.05, 0.1) is 15.9 Å². The van der Waals surface area contributed by atoms with Gasteiger partial charge in [0.15, 0.2) is 5.75 Å². The van der Waals surface area contributed by atoms with Crippen LogP contribution < -0.4 is 15.0 Å². The molecule has 1 aliphatic rings. The molecule has 1 fully saturated rings. The number of fused-ring (bicyclic) bond motifs is 1. The van der Waals surface area contributed by atoms with Crippen molar-refractivity contribution in [3.63, 3.8) is 0 Å². The second-order valence-electron chi connectivity index (χ2n) is 5.30. The molecule has 0 atom stereocenters. The van der Waals surface area contributed by atoms with Crippen molar-refractivity contribution in [1.82, 2.24) is 10.3 Å². The molecular weight excluding hydrogens is 411 g/mol. The molecule has 0 radical (unpaired) electrons. The normalized spacial score (nSPS) is 15.3. The van der Waals surface area contributed by atoms with Crippen molar-refractivity contribution in [3.8, 4) is 5.75 Å². The lowest BCUT2D eigenvalue weighted by atomic mass is 10.1. The number of hydrogen-bond acceptors (Lipinski definition) is 4. The molecule has 1 N–H and O–H groups in total. The summed E-state index contributed by atoms with van der Waals surface area (Å²) in [5.41, 5.74) is 1.71. The van der Waals surface area contributed by atoms with Crippen molar-refractivity contribution in [1.29, 1.82) is 0 Å². The minimum atomic E-state index is -4.74. The van der Waals surface area contributed by atoms with E-state index in [0.29, 0.717) is 11.1 Å². The smallest absolute Gasteiger partial charge is 0.403 e. The topological polar surface area (TPSA) is 37.4 Å². The Labute approximate surface area is 151 Å². The van der Waals surface area contributed by atoms with E-state index in [2.05, 4.69) is 35.9 Å². The van der Waals surface area contributed by atoms with E-state index in [1.165, 1.54) is 6.07 Å². The first kappa shape index (κ1) is 19.1. The van der Waals surface area contributed by atoms with Gasteiger partial charge in [-0.25, -0.2) is 4.98 Å². The summed E-state index contributed by atoms with van der Waals surface area (Å²) in [5, 5.41) is 3.91. The monoisotopic (exact) mass is 425 g/mol. The third-order valence-electron chi connectivity index (χ3n) is 3.72. The molecular formula is C15H16BrClF3N3O. The molecule has 2 aromatic rings. The highest BCUT2D eigenvalue weighted by Gasteiger charge is 2.32. The number of aryl methyl sites for hydroxylation is 1. The molecule has 3 rings (SSSR count). The first-order valence-electron chi connectivity index (χ1n) is 7.17. The maximum Gasteiger partial charge on any atom is 0.573 e. The number of halogens is 5. The Kier molecular flexibility index (Phi) is 5.83. The van der Waals surface area contributed by atoms with Crippen LogP contribution in [-0.4, -0.2) is 37.5 Å². The van der Waals surface area contributed by atoms with Gasteiger partial charge in [-0.05, 0) is 28.9 Å². The molecule has 0 bridgehead atoms. The molecule has 0 aliphatic carbocycles. The predicted molar refractivity (Wildman–Crippen MR) is 93.2 cm³/mol. The first-order valence-corrected chi connectivity index (χ1v) is 7.96. The van der Waals surface area contributed by atoms with Crippen molar-refractivity contribution in [2.45, 2.75) is 13.3 Å². The van der Waals surface area contributed by atoms with Crippen LogP contribution >= 0.6 is 28.3 Å². The van der Waals surface area contributed by atoms with Gasteiger partial charge >= 0.3 is 6.36 Å². The molecule has 0 unspecified atom stereocenters. The average molecular weight is 427 g/mol. The van der Waals surface area contributed by atoms with E-state index in [9.17, 15) is 13.2 Å². The SMILES string of the molecule is Cc1nc2c(OC(F)(F)F)cccc2c(N2CCNCC2)c1Br.Cl. The zero-order valence-corrected chi connectivity index (χ0v) is 15.2. The van der Waals surface area contributed by atoms with Crippen LogP contribution in [0, 0.1) is 6.92 Å². The van der Waals surface area contributed by atoms with E-state index in [-0.39, 0.29) is 23.7 Å². The fourth-order valence-corrected chi connectivity index (χ4v) is 3.29. The highest BCUT2D eigenvalue weighted by molar-refractivity contribution is 9.10. The maximum absolute atomic E-state index is 12.6. The Morgan fingerprint density at radius 2 is 1.92 bits per heavy atom. The van der Waals surface area contributed by atoms with Gasteiger partial charge in [-0.3, -0.25) is 0 Å². The molecule has 1 aliphatic heterocycles. The highest BCUT2D eigenvalue weighted by Crippen LogP contribution is 2.39. The number of piperazine rings is 1. The molecule has 1 aromatic heterocycles. The Morgan fingerprint density at radius 3 is 2.54 bits per heavy atom. The van der Waals surface area contributed by atoms with Gasteiger partial charge in [0.25, 0.3) is 0 Å². The lowest BCUT2D eigenvalue weighted by Crippen LogP contribution is -2.43. The number of aromatic nitrogens is 1. The number of alkyl halides is 3. The summed E-state index contributed by atoms with van der Waals surface area (Å²) in [6.07, 6.45) is -4.74. The Bertz CT molecular complexity index is 736. The summed E-state index contributed by atoms with van der Waals surface area (Å²) in [6, 6.07) is 4.61. The minimum absolute atomic E-state index is 0. The quantitative estimate of drug-likeness (QED) is 0.787. The van der Waals surface area contributed by atoms with Gasteiger partial charge in [-0.15, -0.1) is 25.6 Å². The lowest BCUT2D eigenvalue weighted by Gasteiger charge is -2.31. The van der Waals surface area contributed by atoms with Gasteiger partial charge < -0.3 is 15.0 Å². The number of hydrogen-bond donors (Lipinski definition) is 1. The molecule has 0 saturated carbocycles. The van der Waals surface area contributed by atoms with Gasteiger partial charge in [-0.1, -0.05) is 12.1 Å². The molecule has 132 valence electrons. The van der Waals surface area contributed by atoms with E-state index in [0.717, 1.165) is 36.3 Å². The molecule has 1 aromatic carbocycles. The number of pyridine rings is 1. The van der Waals surface area contributed by atoms with Crippen molar-refractivity contribution < 1.29 is 17.9 Å². The van der Waals surface area contributed by atoms with Crippen LogP contribution in [-0.2, 0) is 0 Å². The number of para-hydroxylation sites is 1. The minimum Gasteiger partial charge on any atom is -0.403 e. The number of rotatable bonds is 2. The molecule has 24 heavy (non-hydrogen) atoms. The molecule has 1 saturated heterocycles. The predicted octanol–water partition coefficient (Wildman–Crippen LogP) is 4.04. The summed E-state index contributed by atoms with van der Waals surface area (Å²) in [6.45, 7) is 4.98. The van der Waals surface area contributed by atoms with Crippen molar-refractivity contribution in [2.24, 2.45) is 0 Å². The van der Waals surface area contributed by atoms with Crippen LogP contribution in [0.1, 0.15) is 5.69 Å². The van der Waals surface area contributed by atoms with Crippen molar-refractivity contribution in [3.05, 3.63) is 28.4 Å². The summed E-state index contributed by atoms with van der Waals surface area (Å²) >= 11 is 3.54. The zero-order chi connectivity index (χ0) is 16.6. The number of ether oxygens (including phenoxy) is 1. The van der Waals surface area contributed by atoms with E-state index < -0.39 is 6.36 Å². The van der Waals surface area contributed by atoms with E-state index in [1.54, 1.807) is 19.1 Å². The van der Waals surface area contributed by atoms with Crippen LogP contribution in [0.5, 0.6) is 5.75 Å². The van der Waals surface area contributed by atoms with E-state index in [1.807, 2.05) is 0 Å². The number of anilines is 1. The number of benzene rings is 1. The molecule has 2 heterocycles.